The van der Waals surface area contributed by atoms with Gasteiger partial charge in [-0.1, -0.05) is 24.3 Å². The van der Waals surface area contributed by atoms with Crippen LogP contribution in [-0.2, 0) is 11.2 Å². The molecule has 3 rings (SSSR count). The Kier molecular flexibility index (Phi) is 3.56. The molecule has 0 spiro atoms. The first-order chi connectivity index (χ1) is 9.31. The van der Waals surface area contributed by atoms with E-state index < -0.39 is 0 Å². The van der Waals surface area contributed by atoms with Crippen LogP contribution >= 0.6 is 0 Å². The summed E-state index contributed by atoms with van der Waals surface area (Å²) < 4.78 is 0. The summed E-state index contributed by atoms with van der Waals surface area (Å²) in [4.78, 5) is 14.8. The maximum atomic E-state index is 12.7. The van der Waals surface area contributed by atoms with Gasteiger partial charge in [-0.2, -0.15) is 0 Å². The minimum atomic E-state index is 0.106. The van der Waals surface area contributed by atoms with Gasteiger partial charge in [-0.25, -0.2) is 0 Å². The number of carbonyl (C=O) groups excluding carboxylic acids is 1. The number of nitrogens with two attached hydrogens (primary N) is 1. The molecule has 0 saturated heterocycles. The number of nitrogens with zero attached hydrogens (tertiary/aromatic N) is 1. The molecule has 2 aliphatic carbocycles. The van der Waals surface area contributed by atoms with Crippen LogP contribution in [0.3, 0.4) is 0 Å². The van der Waals surface area contributed by atoms with E-state index in [1.807, 2.05) is 6.07 Å². The van der Waals surface area contributed by atoms with Crippen molar-refractivity contribution in [1.82, 2.24) is 4.90 Å². The number of carbonyl (C=O) groups is 1. The van der Waals surface area contributed by atoms with E-state index in [-0.39, 0.29) is 5.92 Å². The second-order valence-corrected chi connectivity index (χ2v) is 5.71. The highest BCUT2D eigenvalue weighted by atomic mass is 16.2. The quantitative estimate of drug-likeness (QED) is 0.878. The zero-order chi connectivity index (χ0) is 13.2. The molecule has 1 aromatic carbocycles. The minimum Gasteiger partial charge on any atom is -0.339 e. The summed E-state index contributed by atoms with van der Waals surface area (Å²) in [6.45, 7) is 1.50. The minimum absolute atomic E-state index is 0.106. The fraction of sp³-hybridized carbons (Fsp3) is 0.562. The van der Waals surface area contributed by atoms with E-state index in [1.165, 1.54) is 30.4 Å². The Morgan fingerprint density at radius 1 is 1.32 bits per heavy atom. The van der Waals surface area contributed by atoms with Crippen molar-refractivity contribution in [2.45, 2.75) is 44.1 Å². The predicted molar refractivity (Wildman–Crippen MR) is 75.9 cm³/mol. The largest absolute Gasteiger partial charge is 0.339 e. The predicted octanol–water partition coefficient (Wildman–Crippen LogP) is 2.06. The number of hydrogen-bond donors (Lipinski definition) is 1. The molecule has 1 amide bonds. The van der Waals surface area contributed by atoms with Crippen molar-refractivity contribution in [3.63, 3.8) is 0 Å². The van der Waals surface area contributed by atoms with Crippen molar-refractivity contribution in [2.24, 2.45) is 5.73 Å². The van der Waals surface area contributed by atoms with Crippen molar-refractivity contribution in [1.29, 1.82) is 0 Å². The van der Waals surface area contributed by atoms with E-state index in [4.69, 9.17) is 5.73 Å². The van der Waals surface area contributed by atoms with E-state index in [0.29, 0.717) is 18.5 Å². The summed E-state index contributed by atoms with van der Waals surface area (Å²) in [7, 11) is 0. The third-order valence-corrected chi connectivity index (χ3v) is 4.55. The highest BCUT2D eigenvalue weighted by molar-refractivity contribution is 5.87. The fourth-order valence-electron chi connectivity index (χ4n) is 3.11. The molecule has 2 N–H and O–H groups in total. The third-order valence-electron chi connectivity index (χ3n) is 4.55. The van der Waals surface area contributed by atoms with Crippen LogP contribution in [0.25, 0.3) is 0 Å². The summed E-state index contributed by atoms with van der Waals surface area (Å²) in [6.07, 6.45) is 5.44. The lowest BCUT2D eigenvalue weighted by Crippen LogP contribution is -2.48. The topological polar surface area (TPSA) is 46.3 Å². The van der Waals surface area contributed by atoms with Crippen LogP contribution < -0.4 is 5.73 Å². The van der Waals surface area contributed by atoms with Crippen LogP contribution in [0, 0.1) is 0 Å². The van der Waals surface area contributed by atoms with E-state index in [0.717, 1.165) is 19.4 Å². The van der Waals surface area contributed by atoms with Gasteiger partial charge >= 0.3 is 0 Å². The van der Waals surface area contributed by atoms with Crippen molar-refractivity contribution in [3.8, 4) is 0 Å². The highest BCUT2D eigenvalue weighted by Gasteiger charge is 2.38. The van der Waals surface area contributed by atoms with Gasteiger partial charge in [-0.3, -0.25) is 4.79 Å². The van der Waals surface area contributed by atoms with Gasteiger partial charge in [-0.15, -0.1) is 0 Å². The molecule has 3 heteroatoms. The lowest BCUT2D eigenvalue weighted by molar-refractivity contribution is -0.137. The molecule has 19 heavy (non-hydrogen) atoms. The zero-order valence-corrected chi connectivity index (χ0v) is 11.3. The van der Waals surface area contributed by atoms with Crippen LogP contribution in [0.2, 0.25) is 0 Å². The maximum Gasteiger partial charge on any atom is 0.230 e. The smallest absolute Gasteiger partial charge is 0.230 e. The molecule has 1 aromatic rings. The summed E-state index contributed by atoms with van der Waals surface area (Å²) in [5.74, 6) is 0.437. The molecule has 0 heterocycles. The molecule has 0 radical (unpaired) electrons. The number of benzene rings is 1. The molecule has 1 fully saturated rings. The van der Waals surface area contributed by atoms with Crippen molar-refractivity contribution < 1.29 is 4.79 Å². The van der Waals surface area contributed by atoms with Crippen LogP contribution in [-0.4, -0.2) is 29.9 Å². The zero-order valence-electron chi connectivity index (χ0n) is 11.3. The fourth-order valence-corrected chi connectivity index (χ4v) is 3.11. The highest BCUT2D eigenvalue weighted by Crippen LogP contribution is 2.38. The van der Waals surface area contributed by atoms with Gasteiger partial charge < -0.3 is 10.6 Å². The first kappa shape index (κ1) is 12.7. The monoisotopic (exact) mass is 258 g/mol. The Morgan fingerprint density at radius 2 is 2.11 bits per heavy atom. The Hall–Kier alpha value is -1.35. The average Bonchev–Trinajstić information content (AvgIpc) is 2.33. The molecule has 102 valence electrons. The molecule has 1 unspecified atom stereocenters. The Labute approximate surface area is 114 Å². The molecule has 0 bridgehead atoms. The third kappa shape index (κ3) is 2.27. The van der Waals surface area contributed by atoms with E-state index >= 15 is 0 Å². The number of rotatable bonds is 5. The first-order valence-corrected chi connectivity index (χ1v) is 7.39. The SMILES string of the molecule is NCCCN(C(=O)C1Cc2ccccc21)C1CCC1. The number of amides is 1. The second kappa shape index (κ2) is 5.33. The van der Waals surface area contributed by atoms with Crippen LogP contribution in [0.1, 0.15) is 42.7 Å². The van der Waals surface area contributed by atoms with Crippen molar-refractivity contribution in [2.75, 3.05) is 13.1 Å². The molecule has 2 aliphatic rings. The van der Waals surface area contributed by atoms with Crippen LogP contribution in [0.5, 0.6) is 0 Å². The van der Waals surface area contributed by atoms with Gasteiger partial charge in [0.25, 0.3) is 0 Å². The average molecular weight is 258 g/mol. The molecule has 1 atom stereocenters. The van der Waals surface area contributed by atoms with Crippen LogP contribution in [0.15, 0.2) is 24.3 Å². The Balaban J connectivity index is 1.71. The van der Waals surface area contributed by atoms with Crippen molar-refractivity contribution in [3.05, 3.63) is 35.4 Å². The van der Waals surface area contributed by atoms with Crippen LogP contribution in [0.4, 0.5) is 0 Å². The molecule has 0 aromatic heterocycles. The van der Waals surface area contributed by atoms with Gasteiger partial charge in [0.15, 0.2) is 0 Å². The normalized spacial score (nSPS) is 21.2. The Morgan fingerprint density at radius 3 is 2.74 bits per heavy atom. The Bertz CT molecular complexity index is 468. The van der Waals surface area contributed by atoms with E-state index in [1.54, 1.807) is 0 Å². The van der Waals surface area contributed by atoms with E-state index in [9.17, 15) is 4.79 Å². The summed E-state index contributed by atoms with van der Waals surface area (Å²) in [5.41, 5.74) is 8.18. The first-order valence-electron chi connectivity index (χ1n) is 7.39. The lowest BCUT2D eigenvalue weighted by Gasteiger charge is -2.41. The summed E-state index contributed by atoms with van der Waals surface area (Å²) >= 11 is 0. The maximum absolute atomic E-state index is 12.7. The standard InChI is InChI=1S/C16H22N2O/c17-9-4-10-18(13-6-3-7-13)16(19)15-11-12-5-1-2-8-14(12)15/h1-2,5,8,13,15H,3-4,6-7,9-11,17H2. The molecule has 3 nitrogen and oxygen atoms in total. The number of fused-ring (bicyclic) bond motifs is 1. The lowest BCUT2D eigenvalue weighted by atomic mass is 9.76. The van der Waals surface area contributed by atoms with Gasteiger partial charge in [0.1, 0.15) is 0 Å². The molecule has 1 saturated carbocycles. The molecular formula is C16H22N2O. The number of hydrogen-bond acceptors (Lipinski definition) is 2. The van der Waals surface area contributed by atoms with Gasteiger partial charge in [0.05, 0.1) is 5.92 Å². The summed E-state index contributed by atoms with van der Waals surface area (Å²) in [5, 5.41) is 0. The van der Waals surface area contributed by atoms with Crippen molar-refractivity contribution >= 4 is 5.91 Å². The van der Waals surface area contributed by atoms with Gasteiger partial charge in [0, 0.05) is 12.6 Å². The molecular weight excluding hydrogens is 236 g/mol. The summed E-state index contributed by atoms with van der Waals surface area (Å²) in [6, 6.07) is 8.80. The van der Waals surface area contributed by atoms with Gasteiger partial charge in [0.2, 0.25) is 5.91 Å². The van der Waals surface area contributed by atoms with E-state index in [2.05, 4.69) is 23.1 Å². The second-order valence-electron chi connectivity index (χ2n) is 5.71. The molecule has 0 aliphatic heterocycles. The van der Waals surface area contributed by atoms with Gasteiger partial charge in [-0.05, 0) is 49.8 Å².